The van der Waals surface area contributed by atoms with E-state index in [2.05, 4.69) is 49.1 Å². The molecule has 0 amide bonds. The van der Waals surface area contributed by atoms with E-state index in [-0.39, 0.29) is 0 Å². The van der Waals surface area contributed by atoms with E-state index in [1.165, 1.54) is 19.4 Å². The van der Waals surface area contributed by atoms with E-state index < -0.39 is 0 Å². The Balaban J connectivity index is 1.85. The average Bonchev–Trinajstić information content (AvgIpc) is 2.78. The van der Waals surface area contributed by atoms with E-state index in [0.29, 0.717) is 12.1 Å². The van der Waals surface area contributed by atoms with E-state index in [9.17, 15) is 0 Å². The fourth-order valence-electron chi connectivity index (χ4n) is 2.71. The highest BCUT2D eigenvalue weighted by Gasteiger charge is 2.23. The Kier molecular flexibility index (Phi) is 4.99. The van der Waals surface area contributed by atoms with Gasteiger partial charge in [-0.1, -0.05) is 25.9 Å². The zero-order valence-corrected chi connectivity index (χ0v) is 12.6. The maximum absolute atomic E-state index is 5.44. The second-order valence-electron chi connectivity index (χ2n) is 6.27. The molecular formula is C15H27N3O. The smallest absolute Gasteiger partial charge is 0.151 e. The highest BCUT2D eigenvalue weighted by molar-refractivity contribution is 5.05. The number of rotatable bonds is 5. The second-order valence-corrected chi connectivity index (χ2v) is 6.27. The maximum atomic E-state index is 5.44. The molecule has 108 valence electrons. The van der Waals surface area contributed by atoms with Crippen molar-refractivity contribution >= 4 is 0 Å². The van der Waals surface area contributed by atoms with Gasteiger partial charge in [-0.2, -0.15) is 0 Å². The quantitative estimate of drug-likeness (QED) is 0.889. The zero-order chi connectivity index (χ0) is 13.8. The second kappa shape index (κ2) is 6.53. The van der Waals surface area contributed by atoms with Crippen LogP contribution in [-0.2, 0) is 13.1 Å². The first-order chi connectivity index (χ1) is 9.04. The van der Waals surface area contributed by atoms with E-state index in [0.717, 1.165) is 30.5 Å². The lowest BCUT2D eigenvalue weighted by Gasteiger charge is -2.35. The molecule has 0 saturated carbocycles. The Hall–Kier alpha value is -0.870. The zero-order valence-electron chi connectivity index (χ0n) is 12.6. The summed E-state index contributed by atoms with van der Waals surface area (Å²) >= 11 is 0. The number of nitrogens with one attached hydrogen (secondary N) is 1. The van der Waals surface area contributed by atoms with Gasteiger partial charge in [0.15, 0.2) is 5.76 Å². The normalized spacial score (nSPS) is 25.1. The molecule has 0 bridgehead atoms. The van der Waals surface area contributed by atoms with Gasteiger partial charge in [0.1, 0.15) is 0 Å². The molecule has 2 unspecified atom stereocenters. The number of hydrogen-bond donors (Lipinski definition) is 1. The summed E-state index contributed by atoms with van der Waals surface area (Å²) in [6.07, 6.45) is 2.58. The largest absolute Gasteiger partial charge is 0.360 e. The molecule has 1 saturated heterocycles. The molecule has 2 rings (SSSR count). The highest BCUT2D eigenvalue weighted by atomic mass is 16.5. The molecule has 19 heavy (non-hydrogen) atoms. The van der Waals surface area contributed by atoms with Crippen LogP contribution in [0.2, 0.25) is 0 Å². The van der Waals surface area contributed by atoms with Crippen LogP contribution in [0.1, 0.15) is 52.0 Å². The Morgan fingerprint density at radius 2 is 2.26 bits per heavy atom. The fraction of sp³-hybridized carbons (Fsp3) is 0.800. The summed E-state index contributed by atoms with van der Waals surface area (Å²) in [4.78, 5) is 2.50. The number of aromatic nitrogens is 1. The molecule has 0 radical (unpaired) electrons. The average molecular weight is 265 g/mol. The molecule has 1 aromatic heterocycles. The van der Waals surface area contributed by atoms with Gasteiger partial charge in [0.25, 0.3) is 0 Å². The van der Waals surface area contributed by atoms with E-state index >= 15 is 0 Å². The Morgan fingerprint density at radius 3 is 2.95 bits per heavy atom. The van der Waals surface area contributed by atoms with Crippen molar-refractivity contribution in [3.8, 4) is 0 Å². The van der Waals surface area contributed by atoms with Crippen molar-refractivity contribution in [2.75, 3.05) is 6.54 Å². The molecule has 0 spiro atoms. The summed E-state index contributed by atoms with van der Waals surface area (Å²) in [5, 5.41) is 7.49. The number of hydrogen-bond acceptors (Lipinski definition) is 4. The Bertz CT molecular complexity index is 388. The molecule has 4 nitrogen and oxygen atoms in total. The molecule has 1 aliphatic rings. The molecule has 4 heteroatoms. The molecule has 2 heterocycles. The van der Waals surface area contributed by atoms with Gasteiger partial charge in [-0.05, 0) is 32.2 Å². The third-order valence-corrected chi connectivity index (χ3v) is 3.93. The maximum Gasteiger partial charge on any atom is 0.151 e. The minimum atomic E-state index is 0.476. The Labute approximate surface area is 116 Å². The molecule has 0 aromatic carbocycles. The molecule has 0 aliphatic carbocycles. The minimum absolute atomic E-state index is 0.476. The van der Waals surface area contributed by atoms with Gasteiger partial charge >= 0.3 is 0 Å². The van der Waals surface area contributed by atoms with Crippen LogP contribution >= 0.6 is 0 Å². The van der Waals surface area contributed by atoms with Crippen molar-refractivity contribution in [3.63, 3.8) is 0 Å². The van der Waals surface area contributed by atoms with Crippen LogP contribution < -0.4 is 5.32 Å². The van der Waals surface area contributed by atoms with E-state index in [1.54, 1.807) is 0 Å². The lowest BCUT2D eigenvalue weighted by Crippen LogP contribution is -2.39. The van der Waals surface area contributed by atoms with Crippen molar-refractivity contribution in [2.45, 2.75) is 65.7 Å². The Morgan fingerprint density at radius 1 is 1.47 bits per heavy atom. The van der Waals surface area contributed by atoms with Gasteiger partial charge in [-0.25, -0.2) is 0 Å². The summed E-state index contributed by atoms with van der Waals surface area (Å²) in [5.41, 5.74) is 1.00. The standard InChI is InChI=1S/C15H27N3O/c1-11(2)16-9-14-8-15(19-17-14)10-18-6-5-12(3)7-13(18)4/h8,11-13,16H,5-7,9-10H2,1-4H3. The molecule has 1 N–H and O–H groups in total. The predicted octanol–water partition coefficient (Wildman–Crippen LogP) is 2.79. The fourth-order valence-corrected chi connectivity index (χ4v) is 2.71. The van der Waals surface area contributed by atoms with Crippen molar-refractivity contribution in [1.82, 2.24) is 15.4 Å². The van der Waals surface area contributed by atoms with Crippen molar-refractivity contribution in [3.05, 3.63) is 17.5 Å². The van der Waals surface area contributed by atoms with E-state index in [4.69, 9.17) is 4.52 Å². The molecule has 1 aromatic rings. The third-order valence-electron chi connectivity index (χ3n) is 3.93. The van der Waals surface area contributed by atoms with Crippen molar-refractivity contribution in [2.24, 2.45) is 5.92 Å². The van der Waals surface area contributed by atoms with Crippen molar-refractivity contribution < 1.29 is 4.52 Å². The lowest BCUT2D eigenvalue weighted by molar-refractivity contribution is 0.110. The first-order valence-corrected chi connectivity index (χ1v) is 7.46. The highest BCUT2D eigenvalue weighted by Crippen LogP contribution is 2.23. The van der Waals surface area contributed by atoms with Crippen LogP contribution in [0.5, 0.6) is 0 Å². The van der Waals surface area contributed by atoms with Gasteiger partial charge < -0.3 is 9.84 Å². The van der Waals surface area contributed by atoms with Crippen LogP contribution in [0.4, 0.5) is 0 Å². The van der Waals surface area contributed by atoms with Gasteiger partial charge in [0.05, 0.1) is 12.2 Å². The summed E-state index contributed by atoms with van der Waals surface area (Å²) in [7, 11) is 0. The van der Waals surface area contributed by atoms with E-state index in [1.807, 2.05) is 0 Å². The van der Waals surface area contributed by atoms with Gasteiger partial charge in [-0.15, -0.1) is 0 Å². The lowest BCUT2D eigenvalue weighted by atomic mass is 9.93. The number of likely N-dealkylation sites (tertiary alicyclic amines) is 1. The number of piperidine rings is 1. The predicted molar refractivity (Wildman–Crippen MR) is 76.7 cm³/mol. The number of nitrogens with zero attached hydrogens (tertiary/aromatic N) is 2. The SMILES string of the molecule is CC1CCN(Cc2cc(CNC(C)C)no2)C(C)C1. The van der Waals surface area contributed by atoms with Crippen LogP contribution in [0, 0.1) is 5.92 Å². The molecule has 2 atom stereocenters. The van der Waals surface area contributed by atoms with Crippen LogP contribution in [0.3, 0.4) is 0 Å². The van der Waals surface area contributed by atoms with Crippen LogP contribution in [-0.4, -0.2) is 28.7 Å². The van der Waals surface area contributed by atoms with Gasteiger partial charge in [0.2, 0.25) is 0 Å². The summed E-state index contributed by atoms with van der Waals surface area (Å²) in [6, 6.07) is 3.20. The molecule has 1 fully saturated rings. The summed E-state index contributed by atoms with van der Waals surface area (Å²) < 4.78 is 5.44. The van der Waals surface area contributed by atoms with Crippen LogP contribution in [0.15, 0.2) is 10.6 Å². The topological polar surface area (TPSA) is 41.3 Å². The van der Waals surface area contributed by atoms with Gasteiger partial charge in [-0.3, -0.25) is 4.90 Å². The first kappa shape index (κ1) is 14.5. The van der Waals surface area contributed by atoms with Crippen molar-refractivity contribution in [1.29, 1.82) is 0 Å². The van der Waals surface area contributed by atoms with Gasteiger partial charge in [0, 0.05) is 24.7 Å². The first-order valence-electron chi connectivity index (χ1n) is 7.46. The molecular weight excluding hydrogens is 238 g/mol. The third kappa shape index (κ3) is 4.32. The van der Waals surface area contributed by atoms with Crippen LogP contribution in [0.25, 0.3) is 0 Å². The monoisotopic (exact) mass is 265 g/mol. The minimum Gasteiger partial charge on any atom is -0.360 e. The summed E-state index contributed by atoms with van der Waals surface area (Å²) in [6.45, 7) is 11.8. The summed E-state index contributed by atoms with van der Waals surface area (Å²) in [5.74, 6) is 1.84. The molecule has 1 aliphatic heterocycles.